The summed E-state index contributed by atoms with van der Waals surface area (Å²) in [6.07, 6.45) is 1.13. The topological polar surface area (TPSA) is 80.7 Å². The molecule has 106 valence electrons. The Kier molecular flexibility index (Phi) is 5.96. The van der Waals surface area contributed by atoms with Crippen molar-refractivity contribution in [2.45, 2.75) is 17.7 Å². The molecule has 0 aliphatic carbocycles. The van der Waals surface area contributed by atoms with Crippen LogP contribution < -0.4 is 0 Å². The summed E-state index contributed by atoms with van der Waals surface area (Å²) in [7, 11) is -1.90. The van der Waals surface area contributed by atoms with Crippen LogP contribution in [0.4, 0.5) is 0 Å². The first-order valence-electron chi connectivity index (χ1n) is 5.63. The van der Waals surface area contributed by atoms with Crippen LogP contribution in [0.1, 0.15) is 23.2 Å². The molecule has 0 atom stereocenters. The quantitative estimate of drug-likeness (QED) is 0.763. The summed E-state index contributed by atoms with van der Waals surface area (Å²) in [5.74, 6) is -1.18. The minimum absolute atomic E-state index is 0.0168. The van der Waals surface area contributed by atoms with Crippen LogP contribution in [0, 0.1) is 0 Å². The minimum atomic E-state index is -3.45. The standard InChI is InChI=1S/C12H15BrO5S/c1-18-6-2-3-7-19(16,17)9-4-5-11(13)10(8-9)12(14)15/h4-5,8H,2-3,6-7H2,1H3,(H,14,15). The van der Waals surface area contributed by atoms with Crippen molar-refractivity contribution in [1.29, 1.82) is 0 Å². The lowest BCUT2D eigenvalue weighted by molar-refractivity contribution is 0.0695. The van der Waals surface area contributed by atoms with Gasteiger partial charge in [0.15, 0.2) is 9.84 Å². The number of aromatic carboxylic acids is 1. The van der Waals surface area contributed by atoms with Crippen LogP contribution in [0.15, 0.2) is 27.6 Å². The SMILES string of the molecule is COCCCCS(=O)(=O)c1ccc(Br)c(C(=O)O)c1. The molecular weight excluding hydrogens is 336 g/mol. The lowest BCUT2D eigenvalue weighted by Gasteiger charge is -2.06. The third kappa shape index (κ3) is 4.59. The van der Waals surface area contributed by atoms with Gasteiger partial charge in [0.05, 0.1) is 16.2 Å². The maximum atomic E-state index is 12.0. The number of hydrogen-bond acceptors (Lipinski definition) is 4. The van der Waals surface area contributed by atoms with Crippen molar-refractivity contribution in [2.24, 2.45) is 0 Å². The lowest BCUT2D eigenvalue weighted by Crippen LogP contribution is -2.09. The van der Waals surface area contributed by atoms with E-state index in [1.165, 1.54) is 18.2 Å². The van der Waals surface area contributed by atoms with Crippen molar-refractivity contribution in [1.82, 2.24) is 0 Å². The molecule has 1 N–H and O–H groups in total. The molecule has 0 bridgehead atoms. The summed E-state index contributed by atoms with van der Waals surface area (Å²) in [6.45, 7) is 0.510. The molecule has 0 unspecified atom stereocenters. The van der Waals surface area contributed by atoms with Gasteiger partial charge in [0.1, 0.15) is 0 Å². The highest BCUT2D eigenvalue weighted by Gasteiger charge is 2.18. The van der Waals surface area contributed by atoms with Crippen molar-refractivity contribution in [3.63, 3.8) is 0 Å². The summed E-state index contributed by atoms with van der Waals surface area (Å²) < 4.78 is 29.3. The molecule has 0 spiro atoms. The van der Waals surface area contributed by atoms with Crippen molar-refractivity contribution in [3.8, 4) is 0 Å². The molecule has 0 saturated heterocycles. The summed E-state index contributed by atoms with van der Waals surface area (Å²) in [6, 6.07) is 4.02. The van der Waals surface area contributed by atoms with Gasteiger partial charge >= 0.3 is 5.97 Å². The number of hydrogen-bond donors (Lipinski definition) is 1. The Morgan fingerprint density at radius 3 is 2.63 bits per heavy atom. The first kappa shape index (κ1) is 16.1. The van der Waals surface area contributed by atoms with Gasteiger partial charge in [-0.15, -0.1) is 0 Å². The van der Waals surface area contributed by atoms with Crippen molar-refractivity contribution in [3.05, 3.63) is 28.2 Å². The average Bonchev–Trinajstić information content (AvgIpc) is 2.34. The van der Waals surface area contributed by atoms with Crippen LogP contribution in [0.3, 0.4) is 0 Å². The summed E-state index contributed by atoms with van der Waals surface area (Å²) in [4.78, 5) is 11.0. The Morgan fingerprint density at radius 2 is 2.05 bits per heavy atom. The Balaban J connectivity index is 2.89. The van der Waals surface area contributed by atoms with Gasteiger partial charge < -0.3 is 9.84 Å². The molecule has 5 nitrogen and oxygen atoms in total. The van der Waals surface area contributed by atoms with Crippen molar-refractivity contribution in [2.75, 3.05) is 19.5 Å². The number of ether oxygens (including phenoxy) is 1. The molecular formula is C12H15BrO5S. The van der Waals surface area contributed by atoms with E-state index in [0.29, 0.717) is 23.9 Å². The number of rotatable bonds is 7. The van der Waals surface area contributed by atoms with Crippen LogP contribution in [0.5, 0.6) is 0 Å². The number of unbranched alkanes of at least 4 members (excludes halogenated alkanes) is 1. The molecule has 1 aromatic carbocycles. The number of halogens is 1. The van der Waals surface area contributed by atoms with E-state index in [4.69, 9.17) is 9.84 Å². The van der Waals surface area contributed by atoms with Gasteiger partial charge in [0.25, 0.3) is 0 Å². The molecule has 1 aromatic rings. The zero-order valence-corrected chi connectivity index (χ0v) is 12.8. The van der Waals surface area contributed by atoms with Gasteiger partial charge in [-0.2, -0.15) is 0 Å². The van der Waals surface area contributed by atoms with Crippen LogP contribution in [-0.2, 0) is 14.6 Å². The molecule has 7 heteroatoms. The Hall–Kier alpha value is -0.920. The molecule has 0 aliphatic rings. The number of benzene rings is 1. The Labute approximate surface area is 120 Å². The fourth-order valence-electron chi connectivity index (χ4n) is 1.52. The minimum Gasteiger partial charge on any atom is -0.478 e. The Bertz CT molecular complexity index is 553. The van der Waals surface area contributed by atoms with Gasteiger partial charge in [0, 0.05) is 18.2 Å². The van der Waals surface area contributed by atoms with Crippen LogP contribution in [0.25, 0.3) is 0 Å². The fourth-order valence-corrected chi connectivity index (χ4v) is 3.33. The smallest absolute Gasteiger partial charge is 0.336 e. The summed E-state index contributed by atoms with van der Waals surface area (Å²) in [5, 5.41) is 8.96. The highest BCUT2D eigenvalue weighted by molar-refractivity contribution is 9.10. The lowest BCUT2D eigenvalue weighted by atomic mass is 10.2. The van der Waals surface area contributed by atoms with E-state index in [9.17, 15) is 13.2 Å². The zero-order valence-electron chi connectivity index (χ0n) is 10.4. The molecule has 0 saturated carbocycles. The van der Waals surface area contributed by atoms with E-state index in [0.717, 1.165) is 0 Å². The normalized spacial score (nSPS) is 11.5. The predicted molar refractivity (Wildman–Crippen MR) is 74.3 cm³/mol. The third-order valence-electron chi connectivity index (χ3n) is 2.54. The molecule has 1 rings (SSSR count). The zero-order chi connectivity index (χ0) is 14.5. The summed E-state index contributed by atoms with van der Waals surface area (Å²) >= 11 is 3.08. The molecule has 0 radical (unpaired) electrons. The second kappa shape index (κ2) is 7.02. The van der Waals surface area contributed by atoms with E-state index < -0.39 is 15.8 Å². The molecule has 0 aromatic heterocycles. The second-order valence-corrected chi connectivity index (χ2v) is 6.93. The molecule has 0 heterocycles. The summed E-state index contributed by atoms with van der Waals surface area (Å²) in [5.41, 5.74) is -0.0574. The van der Waals surface area contributed by atoms with E-state index in [1.54, 1.807) is 7.11 Å². The number of carbonyl (C=O) groups is 1. The van der Waals surface area contributed by atoms with E-state index in [-0.39, 0.29) is 16.2 Å². The number of carboxylic acid groups (broad SMARTS) is 1. The Morgan fingerprint density at radius 1 is 1.37 bits per heavy atom. The molecule has 0 aliphatic heterocycles. The fraction of sp³-hybridized carbons (Fsp3) is 0.417. The van der Waals surface area contributed by atoms with Gasteiger partial charge in [-0.3, -0.25) is 0 Å². The van der Waals surface area contributed by atoms with Crippen molar-refractivity contribution < 1.29 is 23.1 Å². The molecule has 0 fully saturated rings. The first-order chi connectivity index (χ1) is 8.88. The van der Waals surface area contributed by atoms with Crippen LogP contribution >= 0.6 is 15.9 Å². The van der Waals surface area contributed by atoms with Gasteiger partial charge in [-0.1, -0.05) is 0 Å². The van der Waals surface area contributed by atoms with Gasteiger partial charge in [-0.25, -0.2) is 13.2 Å². The van der Waals surface area contributed by atoms with Gasteiger partial charge in [0.2, 0.25) is 0 Å². The number of sulfone groups is 1. The van der Waals surface area contributed by atoms with Crippen molar-refractivity contribution >= 4 is 31.7 Å². The number of methoxy groups -OCH3 is 1. The third-order valence-corrected chi connectivity index (χ3v) is 5.03. The van der Waals surface area contributed by atoms with Gasteiger partial charge in [-0.05, 0) is 47.0 Å². The largest absolute Gasteiger partial charge is 0.478 e. The number of carboxylic acids is 1. The monoisotopic (exact) mass is 350 g/mol. The van der Waals surface area contributed by atoms with E-state index in [2.05, 4.69) is 15.9 Å². The van der Waals surface area contributed by atoms with E-state index in [1.807, 2.05) is 0 Å². The highest BCUT2D eigenvalue weighted by Crippen LogP contribution is 2.22. The average molecular weight is 351 g/mol. The molecule has 19 heavy (non-hydrogen) atoms. The molecule has 0 amide bonds. The maximum Gasteiger partial charge on any atom is 0.336 e. The second-order valence-electron chi connectivity index (χ2n) is 3.97. The van der Waals surface area contributed by atoms with Crippen LogP contribution in [-0.4, -0.2) is 39.0 Å². The maximum absolute atomic E-state index is 12.0. The van der Waals surface area contributed by atoms with Crippen LogP contribution in [0.2, 0.25) is 0 Å². The first-order valence-corrected chi connectivity index (χ1v) is 8.07. The highest BCUT2D eigenvalue weighted by atomic mass is 79.9. The predicted octanol–water partition coefficient (Wildman–Crippen LogP) is 2.35. The van der Waals surface area contributed by atoms with E-state index >= 15 is 0 Å².